The molecule has 0 unspecified atom stereocenters. The van der Waals surface area contributed by atoms with Crippen LogP contribution in [0.3, 0.4) is 0 Å². The zero-order valence-corrected chi connectivity index (χ0v) is 5.84. The molecule has 1 fully saturated rings. The minimum absolute atomic E-state index is 0.519. The first kappa shape index (κ1) is 6.72. The van der Waals surface area contributed by atoms with Gasteiger partial charge in [0.15, 0.2) is 0 Å². The maximum atomic E-state index is 9.81. The summed E-state index contributed by atoms with van der Waals surface area (Å²) in [4.78, 5) is 9.81. The third-order valence-electron chi connectivity index (χ3n) is 2.32. The average molecular weight is 127 g/mol. The third-order valence-corrected chi connectivity index (χ3v) is 2.32. The monoisotopic (exact) mass is 127 g/mol. The van der Waals surface area contributed by atoms with Crippen molar-refractivity contribution < 1.29 is 0 Å². The summed E-state index contributed by atoms with van der Waals surface area (Å²) in [5.74, 6) is 1.35. The average Bonchev–Trinajstić information content (AvgIpc) is 1.60. The Morgan fingerprint density at radius 3 is 2.67 bits per heavy atom. The molecule has 2 heteroatoms. The van der Waals surface area contributed by atoms with E-state index in [-0.39, 0.29) is 0 Å². The van der Waals surface area contributed by atoms with Crippen molar-refractivity contribution in [2.45, 2.75) is 26.2 Å². The summed E-state index contributed by atoms with van der Waals surface area (Å²) >= 11 is 0. The summed E-state index contributed by atoms with van der Waals surface area (Å²) in [5, 5.41) is 2.89. The van der Waals surface area contributed by atoms with Crippen LogP contribution in [0.4, 0.5) is 0 Å². The molecule has 0 spiro atoms. The van der Waals surface area contributed by atoms with Gasteiger partial charge >= 0.3 is 0 Å². The highest BCUT2D eigenvalue weighted by atomic mass is 16.3. The van der Waals surface area contributed by atoms with Gasteiger partial charge in [-0.25, -0.2) is 0 Å². The van der Waals surface area contributed by atoms with Crippen LogP contribution in [0.1, 0.15) is 26.2 Å². The van der Waals surface area contributed by atoms with Gasteiger partial charge < -0.3 is 0 Å². The second-order valence-corrected chi connectivity index (χ2v) is 2.98. The Hall–Kier alpha value is -0.400. The molecule has 0 N–H and O–H groups in total. The minimum atomic E-state index is 0.519. The van der Waals surface area contributed by atoms with Gasteiger partial charge in [0, 0.05) is 0 Å². The highest BCUT2D eigenvalue weighted by Gasteiger charge is 2.23. The fourth-order valence-electron chi connectivity index (χ4n) is 1.28. The number of hydrogen-bond acceptors (Lipinski definition) is 2. The third kappa shape index (κ3) is 1.50. The van der Waals surface area contributed by atoms with Crippen molar-refractivity contribution in [3.8, 4) is 0 Å². The summed E-state index contributed by atoms with van der Waals surface area (Å²) in [7, 11) is 0. The fraction of sp³-hybridized carbons (Fsp3) is 1.00. The van der Waals surface area contributed by atoms with Gasteiger partial charge in [-0.3, -0.25) is 0 Å². The van der Waals surface area contributed by atoms with Crippen molar-refractivity contribution in [2.75, 3.05) is 6.54 Å². The Kier molecular flexibility index (Phi) is 2.20. The van der Waals surface area contributed by atoms with E-state index < -0.39 is 0 Å². The van der Waals surface area contributed by atoms with Gasteiger partial charge in [0.2, 0.25) is 0 Å². The van der Waals surface area contributed by atoms with Crippen molar-refractivity contribution in [3.63, 3.8) is 0 Å². The van der Waals surface area contributed by atoms with Gasteiger partial charge in [-0.1, -0.05) is 31.4 Å². The molecule has 0 aromatic rings. The van der Waals surface area contributed by atoms with Crippen LogP contribution in [0, 0.1) is 16.7 Å². The Balaban J connectivity index is 2.15. The Labute approximate surface area is 55.6 Å². The maximum absolute atomic E-state index is 9.81. The lowest BCUT2D eigenvalue weighted by Crippen LogP contribution is -2.21. The van der Waals surface area contributed by atoms with E-state index in [9.17, 15) is 4.91 Å². The lowest BCUT2D eigenvalue weighted by Gasteiger charge is -2.29. The fourth-order valence-corrected chi connectivity index (χ4v) is 1.28. The van der Waals surface area contributed by atoms with E-state index in [0.717, 1.165) is 5.92 Å². The van der Waals surface area contributed by atoms with E-state index in [1.165, 1.54) is 19.3 Å². The van der Waals surface area contributed by atoms with E-state index in [0.29, 0.717) is 12.5 Å². The molecule has 1 rings (SSSR count). The molecule has 1 aliphatic rings. The van der Waals surface area contributed by atoms with E-state index >= 15 is 0 Å². The quantitative estimate of drug-likeness (QED) is 0.534. The summed E-state index contributed by atoms with van der Waals surface area (Å²) in [6, 6.07) is 0. The highest BCUT2D eigenvalue weighted by molar-refractivity contribution is 4.75. The molecule has 0 heterocycles. The van der Waals surface area contributed by atoms with Crippen molar-refractivity contribution in [1.82, 2.24) is 0 Å². The van der Waals surface area contributed by atoms with Crippen LogP contribution in [0.15, 0.2) is 5.18 Å². The molecule has 0 bridgehead atoms. The molecule has 1 saturated carbocycles. The molecule has 2 nitrogen and oxygen atoms in total. The predicted octanol–water partition coefficient (Wildman–Crippen LogP) is 2.19. The van der Waals surface area contributed by atoms with E-state index in [4.69, 9.17) is 0 Å². The summed E-state index contributed by atoms with van der Waals surface area (Å²) < 4.78 is 0. The number of nitrogens with zero attached hydrogens (tertiary/aromatic N) is 1. The van der Waals surface area contributed by atoms with Crippen LogP contribution in [0.2, 0.25) is 0 Å². The lowest BCUT2D eigenvalue weighted by molar-refractivity contribution is 0.225. The maximum Gasteiger partial charge on any atom is 0.0839 e. The van der Waals surface area contributed by atoms with Gasteiger partial charge in [-0.05, 0) is 11.8 Å². The predicted molar refractivity (Wildman–Crippen MR) is 37.2 cm³/mol. The highest BCUT2D eigenvalue weighted by Crippen LogP contribution is 2.33. The van der Waals surface area contributed by atoms with Gasteiger partial charge in [0.1, 0.15) is 0 Å². The van der Waals surface area contributed by atoms with Crippen molar-refractivity contribution >= 4 is 0 Å². The van der Waals surface area contributed by atoms with Gasteiger partial charge in [-0.15, -0.1) is 0 Å². The van der Waals surface area contributed by atoms with Gasteiger partial charge in [0.25, 0.3) is 0 Å². The molecule has 1 aliphatic carbocycles. The summed E-state index contributed by atoms with van der Waals surface area (Å²) in [6.07, 6.45) is 3.99. The van der Waals surface area contributed by atoms with Gasteiger partial charge in [0.05, 0.1) is 6.54 Å². The van der Waals surface area contributed by atoms with Crippen LogP contribution in [-0.4, -0.2) is 6.54 Å². The topological polar surface area (TPSA) is 29.4 Å². The summed E-state index contributed by atoms with van der Waals surface area (Å²) in [6.45, 7) is 2.63. The first-order valence-electron chi connectivity index (χ1n) is 3.63. The SMILES string of the molecule is C[C@H](CN=O)C1CCC1. The molecule has 52 valence electrons. The van der Waals surface area contributed by atoms with Crippen LogP contribution < -0.4 is 0 Å². The van der Waals surface area contributed by atoms with Crippen molar-refractivity contribution in [1.29, 1.82) is 0 Å². The van der Waals surface area contributed by atoms with Crippen molar-refractivity contribution in [3.05, 3.63) is 4.91 Å². The zero-order valence-electron chi connectivity index (χ0n) is 5.84. The van der Waals surface area contributed by atoms with E-state index in [1.54, 1.807) is 0 Å². The molecular weight excluding hydrogens is 114 g/mol. The zero-order chi connectivity index (χ0) is 6.69. The van der Waals surface area contributed by atoms with E-state index in [1.807, 2.05) is 0 Å². The molecule has 0 saturated heterocycles. The van der Waals surface area contributed by atoms with Crippen LogP contribution >= 0.6 is 0 Å². The first-order valence-corrected chi connectivity index (χ1v) is 3.63. The summed E-state index contributed by atoms with van der Waals surface area (Å²) in [5.41, 5.74) is 0. The van der Waals surface area contributed by atoms with Crippen LogP contribution in [-0.2, 0) is 0 Å². The molecule has 9 heavy (non-hydrogen) atoms. The minimum Gasteiger partial charge on any atom is -0.151 e. The van der Waals surface area contributed by atoms with Gasteiger partial charge in [-0.2, -0.15) is 4.91 Å². The largest absolute Gasteiger partial charge is 0.151 e. The molecule has 0 aliphatic heterocycles. The van der Waals surface area contributed by atoms with Crippen LogP contribution in [0.5, 0.6) is 0 Å². The van der Waals surface area contributed by atoms with E-state index in [2.05, 4.69) is 12.1 Å². The lowest BCUT2D eigenvalue weighted by atomic mass is 9.77. The number of hydrogen-bond donors (Lipinski definition) is 0. The van der Waals surface area contributed by atoms with Crippen LogP contribution in [0.25, 0.3) is 0 Å². The molecule has 0 radical (unpaired) electrons. The molecule has 0 aromatic heterocycles. The first-order chi connectivity index (χ1) is 4.34. The second kappa shape index (κ2) is 2.95. The molecule has 1 atom stereocenters. The van der Waals surface area contributed by atoms with Crippen molar-refractivity contribution in [2.24, 2.45) is 17.0 Å². The molecule has 0 amide bonds. The second-order valence-electron chi connectivity index (χ2n) is 2.98. The Morgan fingerprint density at radius 1 is 1.67 bits per heavy atom. The number of nitroso groups, excluding NO2 is 1. The number of rotatable bonds is 3. The Bertz CT molecular complexity index is 99.1. The normalized spacial score (nSPS) is 22.8. The molecular formula is C7H13NO. The molecule has 0 aromatic carbocycles. The smallest absolute Gasteiger partial charge is 0.0839 e. The Morgan fingerprint density at radius 2 is 2.33 bits per heavy atom. The standard InChI is InChI=1S/C7H13NO/c1-6(5-8-9)7-3-2-4-7/h6-7H,2-5H2,1H3/t6-/m1/s1.